The van der Waals surface area contributed by atoms with Gasteiger partial charge < -0.3 is 19.9 Å². The number of aliphatic hydroxyl groups is 1. The first-order valence-corrected chi connectivity index (χ1v) is 9.60. The molecule has 1 aromatic rings. The molecule has 4 nitrogen and oxygen atoms in total. The van der Waals surface area contributed by atoms with Crippen molar-refractivity contribution in [1.82, 2.24) is 4.90 Å². The Morgan fingerprint density at radius 1 is 1.20 bits per heavy atom. The summed E-state index contributed by atoms with van der Waals surface area (Å²) in [5.74, 6) is -0.810. The minimum atomic E-state index is -1.37. The topological polar surface area (TPSA) is 63.6 Å². The molecule has 1 unspecified atom stereocenters. The number of aliphatic carboxylic acids is 1. The number of hydrogen-bond acceptors (Lipinski definition) is 4. The number of piperidine rings is 1. The molecule has 0 radical (unpaired) electrons. The van der Waals surface area contributed by atoms with Crippen LogP contribution in [0.2, 0.25) is 0 Å². The van der Waals surface area contributed by atoms with Crippen molar-refractivity contribution in [3.63, 3.8) is 0 Å². The molecule has 1 saturated carbocycles. The van der Waals surface area contributed by atoms with Crippen LogP contribution in [0.1, 0.15) is 68.9 Å². The zero-order valence-corrected chi connectivity index (χ0v) is 15.5. The highest BCUT2D eigenvalue weighted by molar-refractivity contribution is 5.82. The van der Waals surface area contributed by atoms with Crippen molar-refractivity contribution >= 4 is 5.97 Å². The van der Waals surface area contributed by atoms with E-state index in [2.05, 4.69) is 18.0 Å². The van der Waals surface area contributed by atoms with Gasteiger partial charge in [0, 0.05) is 0 Å². The molecule has 1 atom stereocenters. The molecule has 3 rings (SSSR count). The molecule has 4 heteroatoms. The Bertz CT molecular complexity index is 615. The monoisotopic (exact) mass is 344 g/mol. The highest BCUT2D eigenvalue weighted by Crippen LogP contribution is 2.47. The van der Waals surface area contributed by atoms with Crippen LogP contribution in [0.15, 0.2) is 24.3 Å². The molecule has 1 saturated heterocycles. The van der Waals surface area contributed by atoms with Gasteiger partial charge in [0.25, 0.3) is 0 Å². The molecule has 2 aliphatic rings. The number of nitrogens with zero attached hydrogens (tertiary/aromatic N) is 1. The van der Waals surface area contributed by atoms with Gasteiger partial charge in [0.05, 0.1) is 17.0 Å². The standard InChI is InChI=1S/C21H31NO3/c1-20(19(23)24,21(25)12-6-3-7-13-21)18-9-5-4-8-17(18)16-10-14-22(2)15-11-16/h4-5,8-9,16,25H,3,6-7,10-15H2,1-2H3,(H,23,24)/p-1. The van der Waals surface area contributed by atoms with Gasteiger partial charge in [-0.1, -0.05) is 43.5 Å². The summed E-state index contributed by atoms with van der Waals surface area (Å²) in [4.78, 5) is 14.6. The average Bonchev–Trinajstić information content (AvgIpc) is 2.62. The number of carbonyl (C=O) groups is 1. The second kappa shape index (κ2) is 7.08. The van der Waals surface area contributed by atoms with Gasteiger partial charge in [0.1, 0.15) is 0 Å². The second-order valence-corrected chi connectivity index (χ2v) is 8.17. The summed E-state index contributed by atoms with van der Waals surface area (Å²) >= 11 is 0. The van der Waals surface area contributed by atoms with Crippen LogP contribution in [-0.2, 0) is 10.2 Å². The van der Waals surface area contributed by atoms with E-state index >= 15 is 0 Å². The van der Waals surface area contributed by atoms with Gasteiger partial charge in [-0.15, -0.1) is 0 Å². The smallest absolute Gasteiger partial charge is 0.0793 e. The fourth-order valence-corrected chi connectivity index (χ4v) is 4.82. The van der Waals surface area contributed by atoms with Crippen molar-refractivity contribution in [2.45, 2.75) is 68.8 Å². The molecule has 2 fully saturated rings. The van der Waals surface area contributed by atoms with E-state index in [1.165, 1.54) is 0 Å². The summed E-state index contributed by atoms with van der Waals surface area (Å²) in [7, 11) is 2.12. The third-order valence-corrected chi connectivity index (χ3v) is 6.68. The highest BCUT2D eigenvalue weighted by Gasteiger charge is 2.50. The maximum atomic E-state index is 12.3. The van der Waals surface area contributed by atoms with Crippen molar-refractivity contribution in [2.75, 3.05) is 20.1 Å². The Kier molecular flexibility index (Phi) is 5.21. The molecule has 0 bridgehead atoms. The number of benzene rings is 1. The average molecular weight is 344 g/mol. The molecule has 1 heterocycles. The largest absolute Gasteiger partial charge is 0.549 e. The molecule has 0 spiro atoms. The summed E-state index contributed by atoms with van der Waals surface area (Å²) in [5.41, 5.74) is -0.755. The normalized spacial score (nSPS) is 24.6. The molecular formula is C21H30NO3-. The van der Waals surface area contributed by atoms with Crippen LogP contribution >= 0.6 is 0 Å². The minimum absolute atomic E-state index is 0.346. The van der Waals surface area contributed by atoms with Crippen molar-refractivity contribution < 1.29 is 15.0 Å². The van der Waals surface area contributed by atoms with E-state index in [0.717, 1.165) is 56.3 Å². The van der Waals surface area contributed by atoms with Crippen LogP contribution < -0.4 is 5.11 Å². The summed E-state index contributed by atoms with van der Waals surface area (Å²) in [5, 5.41) is 23.7. The van der Waals surface area contributed by atoms with Crippen LogP contribution in [0.5, 0.6) is 0 Å². The predicted molar refractivity (Wildman–Crippen MR) is 96.3 cm³/mol. The molecule has 1 aliphatic carbocycles. The fourth-order valence-electron chi connectivity index (χ4n) is 4.82. The van der Waals surface area contributed by atoms with Crippen molar-refractivity contribution in [3.05, 3.63) is 35.4 Å². The van der Waals surface area contributed by atoms with Crippen LogP contribution in [0.4, 0.5) is 0 Å². The Hall–Kier alpha value is -1.39. The van der Waals surface area contributed by atoms with Crippen LogP contribution in [0, 0.1) is 0 Å². The first-order valence-electron chi connectivity index (χ1n) is 9.60. The number of likely N-dealkylation sites (tertiary alicyclic amines) is 1. The van der Waals surface area contributed by atoms with Gasteiger partial charge in [0.15, 0.2) is 0 Å². The van der Waals surface area contributed by atoms with Gasteiger partial charge in [0.2, 0.25) is 0 Å². The van der Waals surface area contributed by atoms with Gasteiger partial charge in [-0.05, 0) is 69.8 Å². The molecule has 138 valence electrons. The van der Waals surface area contributed by atoms with Crippen LogP contribution in [-0.4, -0.2) is 41.7 Å². The predicted octanol–water partition coefficient (Wildman–Crippen LogP) is 2.20. The summed E-state index contributed by atoms with van der Waals surface area (Å²) < 4.78 is 0. The third kappa shape index (κ3) is 3.22. The molecule has 0 amide bonds. The minimum Gasteiger partial charge on any atom is -0.549 e. The quantitative estimate of drug-likeness (QED) is 0.909. The highest BCUT2D eigenvalue weighted by atomic mass is 16.4. The Balaban J connectivity index is 2.04. The van der Waals surface area contributed by atoms with Crippen LogP contribution in [0.25, 0.3) is 0 Å². The molecule has 1 aliphatic heterocycles. The lowest BCUT2D eigenvalue weighted by Crippen LogP contribution is -2.60. The summed E-state index contributed by atoms with van der Waals surface area (Å²) in [6, 6.07) is 7.83. The van der Waals surface area contributed by atoms with Crippen molar-refractivity contribution in [3.8, 4) is 0 Å². The van der Waals surface area contributed by atoms with Gasteiger partial charge in [-0.2, -0.15) is 0 Å². The Morgan fingerprint density at radius 3 is 2.40 bits per heavy atom. The first-order chi connectivity index (χ1) is 11.9. The lowest BCUT2D eigenvalue weighted by atomic mass is 9.61. The van der Waals surface area contributed by atoms with E-state index in [1.807, 2.05) is 18.2 Å². The number of carboxylic acid groups (broad SMARTS) is 1. The van der Waals surface area contributed by atoms with Crippen LogP contribution in [0.3, 0.4) is 0 Å². The second-order valence-electron chi connectivity index (χ2n) is 8.17. The molecule has 25 heavy (non-hydrogen) atoms. The number of carboxylic acids is 1. The number of carbonyl (C=O) groups excluding carboxylic acids is 1. The van der Waals surface area contributed by atoms with E-state index in [1.54, 1.807) is 6.92 Å². The van der Waals surface area contributed by atoms with Crippen molar-refractivity contribution in [1.29, 1.82) is 0 Å². The van der Waals surface area contributed by atoms with Gasteiger partial charge in [-0.25, -0.2) is 0 Å². The molecule has 1 N–H and O–H groups in total. The van der Waals surface area contributed by atoms with E-state index in [9.17, 15) is 15.0 Å². The Morgan fingerprint density at radius 2 is 1.80 bits per heavy atom. The molecule has 1 aromatic carbocycles. The van der Waals surface area contributed by atoms with Crippen molar-refractivity contribution in [2.24, 2.45) is 0 Å². The van der Waals surface area contributed by atoms with E-state index in [-0.39, 0.29) is 0 Å². The lowest BCUT2D eigenvalue weighted by molar-refractivity contribution is -0.320. The number of rotatable bonds is 4. The lowest BCUT2D eigenvalue weighted by Gasteiger charge is -2.49. The zero-order chi connectivity index (χ0) is 18.1. The summed E-state index contributed by atoms with van der Waals surface area (Å²) in [6.45, 7) is 3.72. The van der Waals surface area contributed by atoms with E-state index in [4.69, 9.17) is 0 Å². The van der Waals surface area contributed by atoms with Gasteiger partial charge >= 0.3 is 0 Å². The maximum absolute atomic E-state index is 12.3. The first kappa shape index (κ1) is 18.4. The third-order valence-electron chi connectivity index (χ3n) is 6.68. The zero-order valence-electron chi connectivity index (χ0n) is 15.5. The van der Waals surface area contributed by atoms with E-state index in [0.29, 0.717) is 18.8 Å². The Labute approximate surface area is 150 Å². The molecule has 0 aromatic heterocycles. The SMILES string of the molecule is CN1CCC(c2ccccc2C(C)(C(=O)[O-])C2(O)CCCCC2)CC1. The maximum Gasteiger partial charge on any atom is 0.0793 e. The van der Waals surface area contributed by atoms with E-state index < -0.39 is 17.0 Å². The number of hydrogen-bond donors (Lipinski definition) is 1. The van der Waals surface area contributed by atoms with Gasteiger partial charge in [-0.3, -0.25) is 0 Å². The summed E-state index contributed by atoms with van der Waals surface area (Å²) in [6.07, 6.45) is 5.90. The molecular weight excluding hydrogens is 314 g/mol. The fraction of sp³-hybridized carbons (Fsp3) is 0.667.